The van der Waals surface area contributed by atoms with Crippen LogP contribution >= 0.6 is 0 Å². The number of hydrogen-bond acceptors (Lipinski definition) is 5. The van der Waals surface area contributed by atoms with Crippen LogP contribution in [0, 0.1) is 0 Å². The zero-order chi connectivity index (χ0) is 17.6. The Balaban J connectivity index is 2.17. The summed E-state index contributed by atoms with van der Waals surface area (Å²) < 4.78 is 27.1. The smallest absolute Gasteiger partial charge is 0.265 e. The van der Waals surface area contributed by atoms with Crippen LogP contribution in [0.25, 0.3) is 0 Å². The number of sulfonamides is 1. The summed E-state index contributed by atoms with van der Waals surface area (Å²) in [6.07, 6.45) is 1.40. The van der Waals surface area contributed by atoms with Crippen molar-refractivity contribution >= 4 is 21.5 Å². The molecule has 0 spiro atoms. The van der Waals surface area contributed by atoms with Crippen LogP contribution in [0.5, 0.6) is 0 Å². The minimum atomic E-state index is -3.62. The highest BCUT2D eigenvalue weighted by atomic mass is 32.2. The summed E-state index contributed by atoms with van der Waals surface area (Å²) in [5.74, 6) is 0.665. The van der Waals surface area contributed by atoms with Crippen LogP contribution in [0.2, 0.25) is 0 Å². The van der Waals surface area contributed by atoms with Crippen LogP contribution in [-0.4, -0.2) is 52.0 Å². The molecule has 1 aromatic carbocycles. The minimum Gasteiger partial charge on any atom is -0.369 e. The van der Waals surface area contributed by atoms with Gasteiger partial charge in [0.2, 0.25) is 0 Å². The number of nitrogens with one attached hydrogen (secondary N) is 1. The summed E-state index contributed by atoms with van der Waals surface area (Å²) in [6.45, 7) is 3.79. The third-order valence-corrected chi connectivity index (χ3v) is 5.41. The molecular weight excluding hydrogens is 324 g/mol. The number of benzene rings is 1. The van der Waals surface area contributed by atoms with Crippen molar-refractivity contribution in [1.82, 2.24) is 9.88 Å². The summed E-state index contributed by atoms with van der Waals surface area (Å²) in [6, 6.07) is 12.4. The van der Waals surface area contributed by atoms with Gasteiger partial charge in [-0.3, -0.25) is 4.31 Å². The maximum atomic E-state index is 12.8. The molecule has 1 heterocycles. The molecule has 1 N–H and O–H groups in total. The van der Waals surface area contributed by atoms with Crippen molar-refractivity contribution < 1.29 is 8.42 Å². The monoisotopic (exact) mass is 348 g/mol. The molecular formula is C17H24N4O2S. The molecule has 2 rings (SSSR count). The van der Waals surface area contributed by atoms with E-state index in [1.807, 2.05) is 39.2 Å². The van der Waals surface area contributed by atoms with E-state index in [1.54, 1.807) is 24.3 Å². The Morgan fingerprint density at radius 2 is 1.79 bits per heavy atom. The summed E-state index contributed by atoms with van der Waals surface area (Å²) in [7, 11) is 0.367. The summed E-state index contributed by atoms with van der Waals surface area (Å²) in [5, 5.41) is 3.17. The zero-order valence-electron chi connectivity index (χ0n) is 14.3. The van der Waals surface area contributed by atoms with E-state index in [4.69, 9.17) is 0 Å². The van der Waals surface area contributed by atoms with Gasteiger partial charge in [0.05, 0.1) is 5.69 Å². The second kappa shape index (κ2) is 8.12. The van der Waals surface area contributed by atoms with E-state index in [0.29, 0.717) is 18.1 Å². The second-order valence-electron chi connectivity index (χ2n) is 5.61. The average molecular weight is 348 g/mol. The van der Waals surface area contributed by atoms with Gasteiger partial charge in [0.15, 0.2) is 0 Å². The number of likely N-dealkylation sites (N-methyl/N-ethyl adjacent to an activating group) is 1. The molecule has 0 fully saturated rings. The molecule has 0 aliphatic carbocycles. The third kappa shape index (κ3) is 4.46. The lowest BCUT2D eigenvalue weighted by molar-refractivity contribution is 0.425. The SMILES string of the molecule is CCN(c1ccccc1)S(=O)(=O)c1ccc(NCCN(C)C)nc1. The average Bonchev–Trinajstić information content (AvgIpc) is 2.56. The molecule has 0 aliphatic heterocycles. The Bertz CT molecular complexity index is 731. The molecule has 0 atom stereocenters. The van der Waals surface area contributed by atoms with E-state index in [0.717, 1.165) is 13.1 Å². The van der Waals surface area contributed by atoms with Crippen molar-refractivity contribution in [2.45, 2.75) is 11.8 Å². The molecule has 7 heteroatoms. The topological polar surface area (TPSA) is 65.5 Å². The molecule has 0 radical (unpaired) electrons. The normalized spacial score (nSPS) is 11.5. The Hall–Kier alpha value is -2.12. The highest BCUT2D eigenvalue weighted by Crippen LogP contribution is 2.23. The van der Waals surface area contributed by atoms with E-state index < -0.39 is 10.0 Å². The maximum absolute atomic E-state index is 12.8. The molecule has 6 nitrogen and oxygen atoms in total. The van der Waals surface area contributed by atoms with Crippen LogP contribution in [-0.2, 0) is 10.0 Å². The zero-order valence-corrected chi connectivity index (χ0v) is 15.1. The van der Waals surface area contributed by atoms with Crippen molar-refractivity contribution in [3.63, 3.8) is 0 Å². The fourth-order valence-corrected chi connectivity index (χ4v) is 3.68. The predicted molar refractivity (Wildman–Crippen MR) is 97.9 cm³/mol. The highest BCUT2D eigenvalue weighted by molar-refractivity contribution is 7.92. The molecule has 0 unspecified atom stereocenters. The molecule has 0 saturated carbocycles. The van der Waals surface area contributed by atoms with Gasteiger partial charge < -0.3 is 10.2 Å². The van der Waals surface area contributed by atoms with Gasteiger partial charge in [-0.05, 0) is 45.3 Å². The second-order valence-corrected chi connectivity index (χ2v) is 7.48. The summed E-state index contributed by atoms with van der Waals surface area (Å²) in [4.78, 5) is 6.46. The Morgan fingerprint density at radius 3 is 2.33 bits per heavy atom. The Labute approximate surface area is 144 Å². The molecule has 1 aromatic heterocycles. The fraction of sp³-hybridized carbons (Fsp3) is 0.353. The Morgan fingerprint density at radius 1 is 1.08 bits per heavy atom. The fourth-order valence-electron chi connectivity index (χ4n) is 2.26. The number of anilines is 2. The van der Waals surface area contributed by atoms with Crippen molar-refractivity contribution in [2.75, 3.05) is 43.4 Å². The first kappa shape index (κ1) is 18.2. The first-order chi connectivity index (χ1) is 11.4. The summed E-state index contributed by atoms with van der Waals surface area (Å²) >= 11 is 0. The van der Waals surface area contributed by atoms with Crippen LogP contribution < -0.4 is 9.62 Å². The number of rotatable bonds is 8. The lowest BCUT2D eigenvalue weighted by atomic mass is 10.3. The third-order valence-electron chi connectivity index (χ3n) is 3.52. The van der Waals surface area contributed by atoms with Gasteiger partial charge in [-0.1, -0.05) is 18.2 Å². The molecule has 130 valence electrons. The minimum absolute atomic E-state index is 0.186. The Kier molecular flexibility index (Phi) is 6.16. The van der Waals surface area contributed by atoms with Gasteiger partial charge in [-0.25, -0.2) is 13.4 Å². The number of hydrogen-bond donors (Lipinski definition) is 1. The molecule has 24 heavy (non-hydrogen) atoms. The van der Waals surface area contributed by atoms with Crippen molar-refractivity contribution in [2.24, 2.45) is 0 Å². The van der Waals surface area contributed by atoms with Gasteiger partial charge in [0, 0.05) is 25.8 Å². The van der Waals surface area contributed by atoms with Crippen LogP contribution in [0.4, 0.5) is 11.5 Å². The summed E-state index contributed by atoms with van der Waals surface area (Å²) in [5.41, 5.74) is 0.646. The van der Waals surface area contributed by atoms with Crippen LogP contribution in [0.3, 0.4) is 0 Å². The highest BCUT2D eigenvalue weighted by Gasteiger charge is 2.23. The standard InChI is InChI=1S/C17H24N4O2S/c1-4-21(15-8-6-5-7-9-15)24(22,23)16-10-11-17(19-14-16)18-12-13-20(2)3/h5-11,14H,4,12-13H2,1-3H3,(H,18,19). The molecule has 0 saturated heterocycles. The van der Waals surface area contributed by atoms with E-state index >= 15 is 0 Å². The molecule has 0 bridgehead atoms. The number of nitrogens with zero attached hydrogens (tertiary/aromatic N) is 3. The lowest BCUT2D eigenvalue weighted by Gasteiger charge is -2.22. The maximum Gasteiger partial charge on any atom is 0.265 e. The van der Waals surface area contributed by atoms with Gasteiger partial charge in [0.25, 0.3) is 10.0 Å². The number of pyridine rings is 1. The van der Waals surface area contributed by atoms with Gasteiger partial charge >= 0.3 is 0 Å². The predicted octanol–water partition coefficient (Wildman–Crippen LogP) is 2.27. The van der Waals surface area contributed by atoms with Crippen molar-refractivity contribution in [3.05, 3.63) is 48.7 Å². The van der Waals surface area contributed by atoms with E-state index in [1.165, 1.54) is 10.5 Å². The largest absolute Gasteiger partial charge is 0.369 e. The van der Waals surface area contributed by atoms with Crippen molar-refractivity contribution in [3.8, 4) is 0 Å². The molecule has 0 aliphatic rings. The molecule has 2 aromatic rings. The first-order valence-corrected chi connectivity index (χ1v) is 9.31. The van der Waals surface area contributed by atoms with Crippen molar-refractivity contribution in [1.29, 1.82) is 0 Å². The first-order valence-electron chi connectivity index (χ1n) is 7.87. The number of aromatic nitrogens is 1. The molecule has 0 amide bonds. The van der Waals surface area contributed by atoms with Crippen LogP contribution in [0.15, 0.2) is 53.6 Å². The van der Waals surface area contributed by atoms with E-state index in [9.17, 15) is 8.42 Å². The van der Waals surface area contributed by atoms with Gasteiger partial charge in [-0.15, -0.1) is 0 Å². The van der Waals surface area contributed by atoms with Crippen LogP contribution in [0.1, 0.15) is 6.92 Å². The quantitative estimate of drug-likeness (QED) is 0.793. The lowest BCUT2D eigenvalue weighted by Crippen LogP contribution is -2.30. The number of para-hydroxylation sites is 1. The van der Waals surface area contributed by atoms with Gasteiger partial charge in [-0.2, -0.15) is 0 Å². The van der Waals surface area contributed by atoms with E-state index in [2.05, 4.69) is 15.2 Å². The van der Waals surface area contributed by atoms with E-state index in [-0.39, 0.29) is 4.90 Å². The van der Waals surface area contributed by atoms with Gasteiger partial charge in [0.1, 0.15) is 10.7 Å².